The number of rotatable bonds is 7. The van der Waals surface area contributed by atoms with Crippen LogP contribution in [0.1, 0.15) is 44.2 Å². The number of nitrogens with one attached hydrogen (secondary N) is 2. The van der Waals surface area contributed by atoms with E-state index in [0.717, 1.165) is 12.5 Å². The van der Waals surface area contributed by atoms with Gasteiger partial charge in [0, 0.05) is 45.5 Å². The van der Waals surface area contributed by atoms with Crippen LogP contribution in [-0.4, -0.2) is 57.2 Å². The fourth-order valence-corrected chi connectivity index (χ4v) is 3.43. The minimum atomic E-state index is 0. The van der Waals surface area contributed by atoms with E-state index in [0.29, 0.717) is 12.6 Å². The second kappa shape index (κ2) is 12.4. The van der Waals surface area contributed by atoms with Crippen molar-refractivity contribution in [2.45, 2.75) is 52.6 Å². The van der Waals surface area contributed by atoms with Gasteiger partial charge in [0.25, 0.3) is 0 Å². The molecule has 0 aromatic heterocycles. The molecule has 0 unspecified atom stereocenters. The monoisotopic (exact) mass is 487 g/mol. The normalized spacial score (nSPS) is 16.0. The van der Waals surface area contributed by atoms with E-state index in [1.807, 2.05) is 0 Å². The Hall–Kier alpha value is -1.02. The van der Waals surface area contributed by atoms with E-state index in [4.69, 9.17) is 4.99 Å². The average molecular weight is 487 g/mol. The fraction of sp³-hybridized carbons (Fsp3) is 0.667. The molecule has 1 aromatic rings. The summed E-state index contributed by atoms with van der Waals surface area (Å²) in [4.78, 5) is 9.54. The van der Waals surface area contributed by atoms with Crippen LogP contribution in [0.5, 0.6) is 0 Å². The van der Waals surface area contributed by atoms with Gasteiger partial charge in [0.05, 0.1) is 6.54 Å². The highest BCUT2D eigenvalue weighted by Gasteiger charge is 2.19. The molecular formula is C21H38IN5. The molecule has 1 saturated heterocycles. The third-order valence-electron chi connectivity index (χ3n) is 5.06. The minimum absolute atomic E-state index is 0. The average Bonchev–Trinajstić information content (AvgIpc) is 2.62. The van der Waals surface area contributed by atoms with E-state index in [9.17, 15) is 0 Å². The smallest absolute Gasteiger partial charge is 0.191 e. The lowest BCUT2D eigenvalue weighted by molar-refractivity contribution is 0.206. The Labute approximate surface area is 183 Å². The summed E-state index contributed by atoms with van der Waals surface area (Å²) in [6.07, 6.45) is 3.64. The first-order valence-corrected chi connectivity index (χ1v) is 10.1. The summed E-state index contributed by atoms with van der Waals surface area (Å²) in [5.74, 6) is 0.942. The Kier molecular flexibility index (Phi) is 11.1. The standard InChI is InChI=1S/C21H37N5.HI/c1-6-12-26-13-10-19(11-14-26)24-21(22-7-2)23-16-18-8-9-20(25(4)5)15-17(18)3;/h8-9,15,19H,6-7,10-14,16H2,1-5H3,(H2,22,23,24);1H. The van der Waals surface area contributed by atoms with E-state index in [-0.39, 0.29) is 24.0 Å². The molecule has 0 radical (unpaired) electrons. The van der Waals surface area contributed by atoms with Crippen LogP contribution in [0, 0.1) is 6.92 Å². The molecule has 1 heterocycles. The van der Waals surface area contributed by atoms with Gasteiger partial charge in [-0.15, -0.1) is 24.0 Å². The van der Waals surface area contributed by atoms with E-state index in [2.05, 4.69) is 73.5 Å². The van der Waals surface area contributed by atoms with Crippen molar-refractivity contribution < 1.29 is 0 Å². The van der Waals surface area contributed by atoms with Crippen LogP contribution >= 0.6 is 24.0 Å². The van der Waals surface area contributed by atoms with Crippen LogP contribution in [0.3, 0.4) is 0 Å². The molecule has 6 heteroatoms. The lowest BCUT2D eigenvalue weighted by Gasteiger charge is -2.32. The van der Waals surface area contributed by atoms with E-state index >= 15 is 0 Å². The van der Waals surface area contributed by atoms with Crippen molar-refractivity contribution in [1.82, 2.24) is 15.5 Å². The molecule has 2 N–H and O–H groups in total. The molecule has 1 aromatic carbocycles. The zero-order valence-electron chi connectivity index (χ0n) is 17.7. The first kappa shape index (κ1) is 24.0. The van der Waals surface area contributed by atoms with Crippen LogP contribution in [0.2, 0.25) is 0 Å². The van der Waals surface area contributed by atoms with E-state index in [1.165, 1.54) is 55.7 Å². The third kappa shape index (κ3) is 7.86. The van der Waals surface area contributed by atoms with Crippen molar-refractivity contribution >= 4 is 35.6 Å². The van der Waals surface area contributed by atoms with Gasteiger partial charge in [-0.25, -0.2) is 4.99 Å². The summed E-state index contributed by atoms with van der Waals surface area (Å²) in [7, 11) is 4.15. The molecule has 154 valence electrons. The molecule has 5 nitrogen and oxygen atoms in total. The van der Waals surface area contributed by atoms with Crippen molar-refractivity contribution in [3.05, 3.63) is 29.3 Å². The van der Waals surface area contributed by atoms with Gasteiger partial charge in [-0.1, -0.05) is 13.0 Å². The number of likely N-dealkylation sites (tertiary alicyclic amines) is 1. The molecule has 2 rings (SSSR count). The van der Waals surface area contributed by atoms with Gasteiger partial charge >= 0.3 is 0 Å². The predicted molar refractivity (Wildman–Crippen MR) is 129 cm³/mol. The van der Waals surface area contributed by atoms with Crippen molar-refractivity contribution in [1.29, 1.82) is 0 Å². The lowest BCUT2D eigenvalue weighted by Crippen LogP contribution is -2.48. The zero-order valence-corrected chi connectivity index (χ0v) is 20.0. The molecule has 0 saturated carbocycles. The van der Waals surface area contributed by atoms with Gasteiger partial charge in [0.15, 0.2) is 5.96 Å². The van der Waals surface area contributed by atoms with Crippen molar-refractivity contribution in [3.63, 3.8) is 0 Å². The number of halogens is 1. The quantitative estimate of drug-likeness (QED) is 0.351. The van der Waals surface area contributed by atoms with Crippen LogP contribution < -0.4 is 15.5 Å². The zero-order chi connectivity index (χ0) is 18.9. The minimum Gasteiger partial charge on any atom is -0.378 e. The fourth-order valence-electron chi connectivity index (χ4n) is 3.43. The summed E-state index contributed by atoms with van der Waals surface area (Å²) in [6.45, 7) is 11.8. The number of hydrogen-bond donors (Lipinski definition) is 2. The number of guanidine groups is 1. The predicted octanol–water partition coefficient (Wildman–Crippen LogP) is 3.61. The molecular weight excluding hydrogens is 449 g/mol. The number of nitrogens with zero attached hydrogens (tertiary/aromatic N) is 3. The number of anilines is 1. The van der Waals surface area contributed by atoms with Crippen molar-refractivity contribution in [2.24, 2.45) is 4.99 Å². The molecule has 0 atom stereocenters. The number of aryl methyl sites for hydroxylation is 1. The first-order valence-electron chi connectivity index (χ1n) is 10.1. The highest BCUT2D eigenvalue weighted by atomic mass is 127. The summed E-state index contributed by atoms with van der Waals surface area (Å²) >= 11 is 0. The van der Waals surface area contributed by atoms with Gasteiger partial charge in [-0.05, 0) is 62.9 Å². The summed E-state index contributed by atoms with van der Waals surface area (Å²) < 4.78 is 0. The third-order valence-corrected chi connectivity index (χ3v) is 5.06. The number of piperidine rings is 1. The van der Waals surface area contributed by atoms with Crippen molar-refractivity contribution in [3.8, 4) is 0 Å². The summed E-state index contributed by atoms with van der Waals surface area (Å²) in [5, 5.41) is 7.05. The maximum Gasteiger partial charge on any atom is 0.191 e. The van der Waals surface area contributed by atoms with Crippen molar-refractivity contribution in [2.75, 3.05) is 45.2 Å². The van der Waals surface area contributed by atoms with E-state index < -0.39 is 0 Å². The van der Waals surface area contributed by atoms with Crippen LogP contribution in [0.15, 0.2) is 23.2 Å². The molecule has 0 bridgehead atoms. The van der Waals surface area contributed by atoms with Gasteiger partial charge in [0.1, 0.15) is 0 Å². The first-order chi connectivity index (χ1) is 12.5. The maximum absolute atomic E-state index is 4.84. The van der Waals surface area contributed by atoms with Gasteiger partial charge in [-0.2, -0.15) is 0 Å². The lowest BCUT2D eigenvalue weighted by atomic mass is 10.1. The molecule has 1 fully saturated rings. The van der Waals surface area contributed by atoms with Gasteiger partial charge < -0.3 is 20.4 Å². The van der Waals surface area contributed by atoms with Crippen LogP contribution in [0.4, 0.5) is 5.69 Å². The number of hydrogen-bond acceptors (Lipinski definition) is 3. The maximum atomic E-state index is 4.84. The number of benzene rings is 1. The Morgan fingerprint density at radius 1 is 1.22 bits per heavy atom. The Morgan fingerprint density at radius 2 is 1.93 bits per heavy atom. The topological polar surface area (TPSA) is 42.9 Å². The van der Waals surface area contributed by atoms with E-state index in [1.54, 1.807) is 0 Å². The second-order valence-electron chi connectivity index (χ2n) is 7.46. The number of aliphatic imine (C=N–C) groups is 1. The van der Waals surface area contributed by atoms with Crippen LogP contribution in [0.25, 0.3) is 0 Å². The Morgan fingerprint density at radius 3 is 2.48 bits per heavy atom. The molecule has 0 aliphatic carbocycles. The highest BCUT2D eigenvalue weighted by molar-refractivity contribution is 14.0. The van der Waals surface area contributed by atoms with Gasteiger partial charge in [-0.3, -0.25) is 0 Å². The Balaban J connectivity index is 0.00000364. The molecule has 1 aliphatic rings. The van der Waals surface area contributed by atoms with Crippen LogP contribution in [-0.2, 0) is 6.54 Å². The molecule has 1 aliphatic heterocycles. The van der Waals surface area contributed by atoms with Gasteiger partial charge in [0.2, 0.25) is 0 Å². The SMILES string of the molecule is CCCN1CCC(NC(=NCc2ccc(N(C)C)cc2C)NCC)CC1.I. The Bertz CT molecular complexity index is 580. The molecule has 0 amide bonds. The summed E-state index contributed by atoms with van der Waals surface area (Å²) in [5.41, 5.74) is 3.81. The highest BCUT2D eigenvalue weighted by Crippen LogP contribution is 2.18. The summed E-state index contributed by atoms with van der Waals surface area (Å²) in [6, 6.07) is 7.12. The molecule has 27 heavy (non-hydrogen) atoms. The largest absolute Gasteiger partial charge is 0.378 e. The second-order valence-corrected chi connectivity index (χ2v) is 7.46. The molecule has 0 spiro atoms.